The lowest BCUT2D eigenvalue weighted by molar-refractivity contribution is 0.274. The van der Waals surface area contributed by atoms with Gasteiger partial charge in [-0.25, -0.2) is 4.98 Å². The van der Waals surface area contributed by atoms with Gasteiger partial charge >= 0.3 is 0 Å². The molecular weight excluding hydrogens is 372 g/mol. The van der Waals surface area contributed by atoms with E-state index in [1.165, 1.54) is 6.33 Å². The average Bonchev–Trinajstić information content (AvgIpc) is 3.37. The largest absolute Gasteiger partial charge is 0.468 e. The fourth-order valence-corrected chi connectivity index (χ4v) is 2.78. The van der Waals surface area contributed by atoms with E-state index in [0.29, 0.717) is 28.9 Å². The molecule has 0 amide bonds. The molecule has 0 aliphatic heterocycles. The Kier molecular flexibility index (Phi) is 4.71. The maximum Gasteiger partial charge on any atom is 0.232 e. The monoisotopic (exact) mass is 388 g/mol. The van der Waals surface area contributed by atoms with Gasteiger partial charge in [0.15, 0.2) is 17.2 Å². The van der Waals surface area contributed by atoms with Gasteiger partial charge in [-0.05, 0) is 24.4 Å². The third-order valence-corrected chi connectivity index (χ3v) is 4.27. The number of halogens is 1. The molecule has 0 bridgehead atoms. The van der Waals surface area contributed by atoms with Gasteiger partial charge in [0.05, 0.1) is 0 Å². The molecule has 140 valence electrons. The van der Waals surface area contributed by atoms with Crippen LogP contribution in [-0.2, 0) is 20.1 Å². The fourth-order valence-electron chi connectivity index (χ4n) is 2.64. The summed E-state index contributed by atoms with van der Waals surface area (Å²) < 4.78 is 14.0. The number of hydrogen-bond acceptors (Lipinski definition) is 8. The van der Waals surface area contributed by atoms with Crippen LogP contribution in [0.5, 0.6) is 5.88 Å². The molecule has 0 N–H and O–H groups in total. The minimum atomic E-state index is 0.169. The third kappa shape index (κ3) is 3.47. The van der Waals surface area contributed by atoms with Crippen molar-refractivity contribution in [1.82, 2.24) is 39.7 Å². The Bertz CT molecular complexity index is 1070. The van der Waals surface area contributed by atoms with Crippen molar-refractivity contribution in [2.75, 3.05) is 0 Å². The Hall–Kier alpha value is -3.01. The zero-order valence-corrected chi connectivity index (χ0v) is 15.6. The lowest BCUT2D eigenvalue weighted by Gasteiger charge is -2.08. The summed E-state index contributed by atoms with van der Waals surface area (Å²) >= 11 is 5.83. The summed E-state index contributed by atoms with van der Waals surface area (Å²) in [4.78, 5) is 4.15. The van der Waals surface area contributed by atoms with E-state index in [-0.39, 0.29) is 11.8 Å². The zero-order chi connectivity index (χ0) is 18.8. The number of rotatable bonds is 7. The summed E-state index contributed by atoms with van der Waals surface area (Å²) in [5.74, 6) is 1.56. The Balaban J connectivity index is 1.73. The molecule has 0 radical (unpaired) electrons. The Labute approximate surface area is 159 Å². The fraction of sp³-hybridized carbons (Fsp3) is 0.375. The number of unbranched alkanes of at least 4 members (excludes halogenated alkanes) is 1. The van der Waals surface area contributed by atoms with Crippen molar-refractivity contribution >= 4 is 17.2 Å². The molecule has 0 fully saturated rings. The van der Waals surface area contributed by atoms with E-state index >= 15 is 0 Å². The summed E-state index contributed by atoms with van der Waals surface area (Å²) in [6.07, 6.45) is 4.39. The topological polar surface area (TPSA) is 109 Å². The highest BCUT2D eigenvalue weighted by molar-refractivity contribution is 6.29. The van der Waals surface area contributed by atoms with Gasteiger partial charge in [-0.3, -0.25) is 4.68 Å². The maximum atomic E-state index is 5.84. The van der Waals surface area contributed by atoms with E-state index in [0.717, 1.165) is 24.8 Å². The van der Waals surface area contributed by atoms with Crippen LogP contribution < -0.4 is 4.74 Å². The van der Waals surface area contributed by atoms with E-state index in [2.05, 4.69) is 37.5 Å². The molecule has 0 saturated heterocycles. The quantitative estimate of drug-likeness (QED) is 0.475. The van der Waals surface area contributed by atoms with Gasteiger partial charge in [-0.1, -0.05) is 18.5 Å². The van der Waals surface area contributed by atoms with Crippen molar-refractivity contribution in [2.24, 2.45) is 7.05 Å². The smallest absolute Gasteiger partial charge is 0.232 e. The van der Waals surface area contributed by atoms with E-state index in [4.69, 9.17) is 20.9 Å². The number of fused-ring (bicyclic) bond motifs is 1. The minimum absolute atomic E-state index is 0.169. The molecule has 4 heterocycles. The molecule has 0 aliphatic rings. The molecule has 0 saturated carbocycles. The highest BCUT2D eigenvalue weighted by Gasteiger charge is 2.18. The van der Waals surface area contributed by atoms with Crippen LogP contribution in [0.25, 0.3) is 17.2 Å². The molecule has 0 unspecified atom stereocenters. The van der Waals surface area contributed by atoms with E-state index in [9.17, 15) is 0 Å². The van der Waals surface area contributed by atoms with Gasteiger partial charge in [0.2, 0.25) is 16.9 Å². The number of aromatic nitrogens is 8. The van der Waals surface area contributed by atoms with Gasteiger partial charge < -0.3 is 9.26 Å². The van der Waals surface area contributed by atoms with Crippen molar-refractivity contribution in [2.45, 2.75) is 32.8 Å². The molecule has 0 aliphatic carbocycles. The first-order chi connectivity index (χ1) is 13.2. The second-order valence-corrected chi connectivity index (χ2v) is 6.35. The Morgan fingerprint density at radius 1 is 1.26 bits per heavy atom. The van der Waals surface area contributed by atoms with Crippen LogP contribution in [0, 0.1) is 0 Å². The first kappa shape index (κ1) is 17.4. The lowest BCUT2D eigenvalue weighted by Crippen LogP contribution is -2.08. The van der Waals surface area contributed by atoms with Gasteiger partial charge in [0.25, 0.3) is 0 Å². The van der Waals surface area contributed by atoms with Crippen LogP contribution >= 0.6 is 11.6 Å². The normalized spacial score (nSPS) is 11.4. The predicted molar refractivity (Wildman–Crippen MR) is 95.2 cm³/mol. The molecule has 0 spiro atoms. The summed E-state index contributed by atoms with van der Waals surface area (Å²) in [5.41, 5.74) is 2.10. The first-order valence-electron chi connectivity index (χ1n) is 8.49. The number of aryl methyl sites for hydroxylation is 2. The van der Waals surface area contributed by atoms with Gasteiger partial charge in [-0.15, -0.1) is 15.3 Å². The van der Waals surface area contributed by atoms with Gasteiger partial charge in [-0.2, -0.15) is 9.61 Å². The standard InChI is InChI=1S/C16H17ClN8O2/c1-3-4-5-10-6-14(26-8-13-18-9-19-24(13)2)22-25-15(10)20-21-16(25)11-7-12(17)27-23-11/h6-7,9H,3-5,8H2,1-2H3. The highest BCUT2D eigenvalue weighted by atomic mass is 35.5. The second kappa shape index (κ2) is 7.31. The van der Waals surface area contributed by atoms with Crippen molar-refractivity contribution in [1.29, 1.82) is 0 Å². The van der Waals surface area contributed by atoms with Crippen LogP contribution in [0.2, 0.25) is 5.22 Å². The lowest BCUT2D eigenvalue weighted by atomic mass is 10.1. The molecule has 4 aromatic heterocycles. The predicted octanol–water partition coefficient (Wildman–Crippen LogP) is 2.48. The molecule has 0 atom stereocenters. The minimum Gasteiger partial charge on any atom is -0.468 e. The van der Waals surface area contributed by atoms with Crippen LogP contribution in [0.3, 0.4) is 0 Å². The van der Waals surface area contributed by atoms with Crippen LogP contribution in [0.4, 0.5) is 0 Å². The van der Waals surface area contributed by atoms with Crippen molar-refractivity contribution in [3.63, 3.8) is 0 Å². The molecule has 11 heteroatoms. The number of nitrogens with zero attached hydrogens (tertiary/aromatic N) is 8. The van der Waals surface area contributed by atoms with Crippen molar-refractivity contribution in [3.8, 4) is 17.4 Å². The maximum absolute atomic E-state index is 5.84. The highest BCUT2D eigenvalue weighted by Crippen LogP contribution is 2.24. The van der Waals surface area contributed by atoms with Gasteiger partial charge in [0.1, 0.15) is 12.9 Å². The van der Waals surface area contributed by atoms with Gasteiger partial charge in [0, 0.05) is 24.7 Å². The molecule has 4 rings (SSSR count). The number of hydrogen-bond donors (Lipinski definition) is 0. The molecule has 0 aromatic carbocycles. The van der Waals surface area contributed by atoms with Crippen LogP contribution in [0.15, 0.2) is 23.0 Å². The first-order valence-corrected chi connectivity index (χ1v) is 8.87. The van der Waals surface area contributed by atoms with Crippen molar-refractivity contribution < 1.29 is 9.26 Å². The Morgan fingerprint density at radius 2 is 2.15 bits per heavy atom. The number of ether oxygens (including phenoxy) is 1. The third-order valence-electron chi connectivity index (χ3n) is 4.09. The molecular formula is C16H17ClN8O2. The SMILES string of the molecule is CCCCc1cc(OCc2ncnn2C)nn2c(-c3cc(Cl)on3)nnc12. The molecule has 4 aromatic rings. The second-order valence-electron chi connectivity index (χ2n) is 5.98. The van der Waals surface area contributed by atoms with E-state index in [1.54, 1.807) is 22.3 Å². The summed E-state index contributed by atoms with van der Waals surface area (Å²) in [7, 11) is 1.81. The zero-order valence-electron chi connectivity index (χ0n) is 14.8. The van der Waals surface area contributed by atoms with Crippen molar-refractivity contribution in [3.05, 3.63) is 35.1 Å². The summed E-state index contributed by atoms with van der Waals surface area (Å²) in [6, 6.07) is 3.45. The molecule has 10 nitrogen and oxygen atoms in total. The van der Waals surface area contributed by atoms with E-state index in [1.807, 2.05) is 6.07 Å². The average molecular weight is 389 g/mol. The summed E-state index contributed by atoms with van der Waals surface area (Å²) in [6.45, 7) is 2.38. The van der Waals surface area contributed by atoms with Crippen LogP contribution in [-0.4, -0.2) is 39.7 Å². The van der Waals surface area contributed by atoms with Crippen LogP contribution in [0.1, 0.15) is 31.2 Å². The summed E-state index contributed by atoms with van der Waals surface area (Å²) in [5, 5.41) is 21.1. The molecule has 27 heavy (non-hydrogen) atoms. The Morgan fingerprint density at radius 3 is 2.85 bits per heavy atom. The van der Waals surface area contributed by atoms with E-state index < -0.39 is 0 Å².